The molecule has 6 heteroatoms. The zero-order valence-corrected chi connectivity index (χ0v) is 19.6. The lowest BCUT2D eigenvalue weighted by atomic mass is 9.46. The Labute approximate surface area is 185 Å². The minimum absolute atomic E-state index is 0.254. The number of hydrogen-bond donors (Lipinski definition) is 1. The summed E-state index contributed by atoms with van der Waals surface area (Å²) in [4.78, 5) is 13.1. The van der Waals surface area contributed by atoms with Gasteiger partial charge in [-0.3, -0.25) is 5.21 Å². The van der Waals surface area contributed by atoms with E-state index in [4.69, 9.17) is 0 Å². The van der Waals surface area contributed by atoms with Gasteiger partial charge in [0.1, 0.15) is 11.8 Å². The number of nitrogens with zero attached hydrogens (tertiary/aromatic N) is 5. The van der Waals surface area contributed by atoms with Gasteiger partial charge in [-0.1, -0.05) is 32.9 Å². The van der Waals surface area contributed by atoms with Crippen molar-refractivity contribution in [3.05, 3.63) is 24.8 Å². The summed E-state index contributed by atoms with van der Waals surface area (Å²) in [6.45, 7) is 15.0. The molecule has 0 amide bonds. The van der Waals surface area contributed by atoms with Crippen LogP contribution >= 0.6 is 0 Å². The second-order valence-corrected chi connectivity index (χ2v) is 11.3. The normalized spacial score (nSPS) is 38.2. The number of aromatic nitrogens is 4. The first-order valence-electron chi connectivity index (χ1n) is 12.0. The maximum Gasteiger partial charge on any atom is 0.183 e. The number of anilines is 1. The van der Waals surface area contributed by atoms with Gasteiger partial charge in [0.25, 0.3) is 0 Å². The van der Waals surface area contributed by atoms with Gasteiger partial charge >= 0.3 is 0 Å². The second-order valence-electron chi connectivity index (χ2n) is 11.3. The summed E-state index contributed by atoms with van der Waals surface area (Å²) in [5.74, 6) is 1.94. The molecule has 5 rings (SSSR count). The Morgan fingerprint density at radius 3 is 2.74 bits per heavy atom. The molecule has 6 nitrogen and oxygen atoms in total. The Kier molecular flexibility index (Phi) is 4.74. The molecule has 2 fully saturated rings. The van der Waals surface area contributed by atoms with Crippen molar-refractivity contribution in [3.63, 3.8) is 0 Å². The fourth-order valence-electron chi connectivity index (χ4n) is 7.10. The molecule has 0 saturated heterocycles. The van der Waals surface area contributed by atoms with Crippen molar-refractivity contribution >= 4 is 17.0 Å². The molecule has 0 radical (unpaired) electrons. The number of hydrogen-bond acceptors (Lipinski definition) is 5. The summed E-state index contributed by atoms with van der Waals surface area (Å²) in [5, 5.41) is 12.8. The molecular formula is C25H37N5O. The van der Waals surface area contributed by atoms with Crippen LogP contribution in [0.4, 0.5) is 5.82 Å². The zero-order valence-electron chi connectivity index (χ0n) is 19.6. The van der Waals surface area contributed by atoms with Crippen LogP contribution < -0.4 is 5.06 Å². The van der Waals surface area contributed by atoms with Crippen molar-refractivity contribution in [1.82, 2.24) is 19.5 Å². The summed E-state index contributed by atoms with van der Waals surface area (Å²) >= 11 is 0. The minimum Gasteiger partial charge on any atom is -0.326 e. The molecule has 0 spiro atoms. The van der Waals surface area contributed by atoms with Gasteiger partial charge in [0.15, 0.2) is 11.5 Å². The molecular weight excluding hydrogens is 386 g/mol. The summed E-state index contributed by atoms with van der Waals surface area (Å²) in [5.41, 5.74) is 3.11. The molecule has 2 aliphatic carbocycles. The molecule has 168 valence electrons. The molecule has 2 saturated carbocycles. The SMILES string of the molecule is C=C1CCC[C@H]2C(C)(CC[C@@]3(C)CCn4cnc5ncnc(c54)N3O)[C@H](C)CC[C@@]12C. The molecule has 2 aromatic rings. The number of allylic oxidation sites excluding steroid dienone is 1. The summed E-state index contributed by atoms with van der Waals surface area (Å²) in [6, 6.07) is 0. The highest BCUT2D eigenvalue weighted by Gasteiger charge is 2.54. The van der Waals surface area contributed by atoms with Crippen molar-refractivity contribution in [2.45, 2.75) is 91.1 Å². The van der Waals surface area contributed by atoms with Gasteiger partial charge in [0.2, 0.25) is 0 Å². The molecule has 2 aromatic heterocycles. The Hall–Kier alpha value is -1.95. The first-order chi connectivity index (χ1) is 14.7. The molecule has 1 aliphatic heterocycles. The van der Waals surface area contributed by atoms with Crippen molar-refractivity contribution in [2.75, 3.05) is 5.06 Å². The van der Waals surface area contributed by atoms with Gasteiger partial charge in [-0.25, -0.2) is 20.0 Å². The van der Waals surface area contributed by atoms with Crippen LogP contribution in [-0.2, 0) is 6.54 Å². The third kappa shape index (κ3) is 2.97. The van der Waals surface area contributed by atoms with Crippen molar-refractivity contribution in [2.24, 2.45) is 22.7 Å². The summed E-state index contributed by atoms with van der Waals surface area (Å²) < 4.78 is 2.09. The van der Waals surface area contributed by atoms with E-state index >= 15 is 0 Å². The van der Waals surface area contributed by atoms with Crippen LogP contribution in [0.1, 0.15) is 79.1 Å². The second kappa shape index (κ2) is 7.03. The number of hydroxylamine groups is 1. The molecule has 3 aliphatic rings. The van der Waals surface area contributed by atoms with Crippen LogP contribution in [0.5, 0.6) is 0 Å². The largest absolute Gasteiger partial charge is 0.326 e. The Morgan fingerprint density at radius 2 is 1.94 bits per heavy atom. The monoisotopic (exact) mass is 423 g/mol. The summed E-state index contributed by atoms with van der Waals surface area (Å²) in [7, 11) is 0. The lowest BCUT2D eigenvalue weighted by Crippen LogP contribution is -2.52. The molecule has 1 unspecified atom stereocenters. The maximum absolute atomic E-state index is 11.4. The van der Waals surface area contributed by atoms with Crippen LogP contribution in [0, 0.1) is 22.7 Å². The molecule has 0 bridgehead atoms. The van der Waals surface area contributed by atoms with E-state index in [0.29, 0.717) is 23.3 Å². The van der Waals surface area contributed by atoms with Crippen LogP contribution in [0.15, 0.2) is 24.8 Å². The number of fused-ring (bicyclic) bond motifs is 1. The maximum atomic E-state index is 11.4. The number of imidazole rings is 1. The van der Waals surface area contributed by atoms with Gasteiger partial charge in [-0.05, 0) is 81.0 Å². The number of rotatable bonds is 3. The standard InChI is InChI=1S/C25H37N5O/c1-17-7-6-8-19-24(17,4)10-9-18(2)25(19,5)12-11-23(3)13-14-29-16-28-21-20(29)22(30(23)31)27-15-26-21/h15-16,18-19,31H,1,6-14H2,2-5H3/t18-,19-,23+,24+,25?/m1/s1. The molecule has 31 heavy (non-hydrogen) atoms. The van der Waals surface area contributed by atoms with E-state index < -0.39 is 0 Å². The van der Waals surface area contributed by atoms with Crippen molar-refractivity contribution in [1.29, 1.82) is 0 Å². The van der Waals surface area contributed by atoms with Gasteiger partial charge in [0.05, 0.1) is 11.9 Å². The van der Waals surface area contributed by atoms with Crippen LogP contribution in [0.2, 0.25) is 0 Å². The molecule has 5 atom stereocenters. The van der Waals surface area contributed by atoms with Crippen molar-refractivity contribution in [3.8, 4) is 0 Å². The predicted octanol–water partition coefficient (Wildman–Crippen LogP) is 5.76. The fourth-order valence-corrected chi connectivity index (χ4v) is 7.10. The van der Waals surface area contributed by atoms with Gasteiger partial charge < -0.3 is 4.57 Å². The smallest absolute Gasteiger partial charge is 0.183 e. The fraction of sp³-hybridized carbons (Fsp3) is 0.720. The highest BCUT2D eigenvalue weighted by atomic mass is 16.5. The lowest BCUT2D eigenvalue weighted by molar-refractivity contribution is -0.0605. The van der Waals surface area contributed by atoms with E-state index in [1.165, 1.54) is 49.1 Å². The topological polar surface area (TPSA) is 67.1 Å². The summed E-state index contributed by atoms with van der Waals surface area (Å²) in [6.07, 6.45) is 12.5. The van der Waals surface area contributed by atoms with E-state index in [0.717, 1.165) is 31.3 Å². The Bertz CT molecular complexity index is 1020. The van der Waals surface area contributed by atoms with Gasteiger partial charge in [-0.2, -0.15) is 0 Å². The Balaban J connectivity index is 1.44. The molecule has 1 N–H and O–H groups in total. The highest BCUT2D eigenvalue weighted by molar-refractivity contribution is 5.83. The zero-order chi connectivity index (χ0) is 22.0. The third-order valence-corrected chi connectivity index (χ3v) is 9.76. The quantitative estimate of drug-likeness (QED) is 0.635. The van der Waals surface area contributed by atoms with Crippen molar-refractivity contribution < 1.29 is 5.21 Å². The average Bonchev–Trinajstić information content (AvgIpc) is 3.14. The minimum atomic E-state index is -0.372. The first kappa shape index (κ1) is 20.9. The Morgan fingerprint density at radius 1 is 1.13 bits per heavy atom. The van der Waals surface area contributed by atoms with Crippen LogP contribution in [0.25, 0.3) is 11.2 Å². The lowest BCUT2D eigenvalue weighted by Gasteiger charge is -2.59. The van der Waals surface area contributed by atoms with E-state index in [1.54, 1.807) is 0 Å². The van der Waals surface area contributed by atoms with E-state index in [9.17, 15) is 5.21 Å². The van der Waals surface area contributed by atoms with Crippen LogP contribution in [-0.4, -0.2) is 30.3 Å². The van der Waals surface area contributed by atoms with E-state index in [2.05, 4.69) is 53.8 Å². The van der Waals surface area contributed by atoms with Crippen LogP contribution in [0.3, 0.4) is 0 Å². The highest BCUT2D eigenvalue weighted by Crippen LogP contribution is 2.63. The molecule has 0 aromatic carbocycles. The first-order valence-corrected chi connectivity index (χ1v) is 12.0. The van der Waals surface area contributed by atoms with E-state index in [-0.39, 0.29) is 16.4 Å². The van der Waals surface area contributed by atoms with E-state index in [1.807, 2.05) is 6.33 Å². The molecule has 3 heterocycles. The number of aryl methyl sites for hydroxylation is 1. The third-order valence-electron chi connectivity index (χ3n) is 9.76. The predicted molar refractivity (Wildman–Crippen MR) is 123 cm³/mol. The van der Waals surface area contributed by atoms with Gasteiger partial charge in [-0.15, -0.1) is 0 Å². The average molecular weight is 424 g/mol. The van der Waals surface area contributed by atoms with Gasteiger partial charge in [0, 0.05) is 6.54 Å².